The van der Waals surface area contributed by atoms with Crippen LogP contribution in [-0.2, 0) is 0 Å². The summed E-state index contributed by atoms with van der Waals surface area (Å²) in [7, 11) is 0. The number of hydrogen-bond donors (Lipinski definition) is 1. The molecule has 8 heteroatoms. The molecule has 1 aromatic heterocycles. The lowest BCUT2D eigenvalue weighted by Crippen LogP contribution is -2.04. The van der Waals surface area contributed by atoms with Crippen LogP contribution < -0.4 is 4.74 Å². The Hall–Kier alpha value is -2.09. The van der Waals surface area contributed by atoms with Gasteiger partial charge in [0.05, 0.1) is 6.21 Å². The molecule has 0 unspecified atom stereocenters. The molecule has 0 saturated heterocycles. The number of benzene rings is 1. The molecule has 1 N–H and O–H groups in total. The van der Waals surface area contributed by atoms with E-state index in [1.54, 1.807) is 18.2 Å². The van der Waals surface area contributed by atoms with Crippen molar-refractivity contribution in [3.05, 3.63) is 40.9 Å². The van der Waals surface area contributed by atoms with E-state index >= 15 is 0 Å². The molecule has 94 valence electrons. The third-order valence-electron chi connectivity index (χ3n) is 1.99. The van der Waals surface area contributed by atoms with Crippen molar-refractivity contribution >= 4 is 18.4 Å². The Kier molecular flexibility index (Phi) is 3.78. The number of alkyl halides is 2. The predicted octanol–water partition coefficient (Wildman–Crippen LogP) is 2.42. The first-order chi connectivity index (χ1) is 8.66. The van der Waals surface area contributed by atoms with E-state index in [4.69, 9.17) is 12.2 Å². The molecule has 0 aliphatic rings. The number of aromatic nitrogens is 3. The smallest absolute Gasteiger partial charge is 0.387 e. The van der Waals surface area contributed by atoms with Gasteiger partial charge in [0, 0.05) is 5.56 Å². The molecular weight excluding hydrogens is 262 g/mol. The zero-order chi connectivity index (χ0) is 13.0. The number of ether oxygens (including phenoxy) is 1. The molecule has 1 heterocycles. The molecule has 0 bridgehead atoms. The van der Waals surface area contributed by atoms with E-state index in [0.29, 0.717) is 10.3 Å². The van der Waals surface area contributed by atoms with Crippen LogP contribution in [-0.4, -0.2) is 27.7 Å². The van der Waals surface area contributed by atoms with Crippen molar-refractivity contribution in [1.29, 1.82) is 0 Å². The summed E-state index contributed by atoms with van der Waals surface area (Å²) in [6.07, 6.45) is 2.73. The van der Waals surface area contributed by atoms with Crippen molar-refractivity contribution < 1.29 is 13.5 Å². The maximum atomic E-state index is 12.2. The average Bonchev–Trinajstić information content (AvgIpc) is 2.73. The molecule has 0 radical (unpaired) electrons. The molecule has 0 spiro atoms. The molecule has 0 saturated carbocycles. The van der Waals surface area contributed by atoms with Crippen LogP contribution in [0.15, 0.2) is 35.7 Å². The maximum Gasteiger partial charge on any atom is 0.387 e. The molecule has 2 aromatic rings. The number of hydrogen-bond acceptors (Lipinski definition) is 4. The number of H-pyrrole nitrogens is 1. The maximum absolute atomic E-state index is 12.2. The second kappa shape index (κ2) is 5.50. The first-order valence-corrected chi connectivity index (χ1v) is 5.28. The molecule has 0 aliphatic carbocycles. The van der Waals surface area contributed by atoms with E-state index in [9.17, 15) is 8.78 Å². The van der Waals surface area contributed by atoms with Crippen LogP contribution in [0, 0.1) is 4.77 Å². The van der Waals surface area contributed by atoms with Gasteiger partial charge in [-0.1, -0.05) is 12.1 Å². The summed E-state index contributed by atoms with van der Waals surface area (Å²) in [5.74, 6) is 0.0475. The van der Waals surface area contributed by atoms with E-state index < -0.39 is 6.61 Å². The molecular formula is C10H8F2N4OS. The van der Waals surface area contributed by atoms with Gasteiger partial charge in [-0.25, -0.2) is 0 Å². The summed E-state index contributed by atoms with van der Waals surface area (Å²) >= 11 is 4.88. The Labute approximate surface area is 106 Å². The number of aromatic amines is 1. The van der Waals surface area contributed by atoms with Crippen molar-refractivity contribution in [2.45, 2.75) is 6.61 Å². The van der Waals surface area contributed by atoms with E-state index in [2.05, 4.69) is 20.0 Å². The summed E-state index contributed by atoms with van der Waals surface area (Å²) in [6.45, 7) is -2.88. The minimum atomic E-state index is -2.88. The van der Waals surface area contributed by atoms with Crippen molar-refractivity contribution in [1.82, 2.24) is 14.9 Å². The van der Waals surface area contributed by atoms with Crippen LogP contribution in [0.25, 0.3) is 0 Å². The van der Waals surface area contributed by atoms with Gasteiger partial charge >= 0.3 is 6.61 Å². The highest BCUT2D eigenvalue weighted by molar-refractivity contribution is 7.71. The van der Waals surface area contributed by atoms with Gasteiger partial charge in [-0.15, -0.1) is 0 Å². The minimum Gasteiger partial charge on any atom is -0.434 e. The van der Waals surface area contributed by atoms with Crippen molar-refractivity contribution in [3.63, 3.8) is 0 Å². The fraction of sp³-hybridized carbons (Fsp3) is 0.100. The lowest BCUT2D eigenvalue weighted by molar-refractivity contribution is -0.0499. The van der Waals surface area contributed by atoms with Gasteiger partial charge in [0.2, 0.25) is 4.77 Å². The third kappa shape index (κ3) is 2.98. The zero-order valence-corrected chi connectivity index (χ0v) is 9.77. The molecule has 2 rings (SSSR count). The van der Waals surface area contributed by atoms with Gasteiger partial charge < -0.3 is 4.74 Å². The third-order valence-corrected chi connectivity index (χ3v) is 2.27. The summed E-state index contributed by atoms with van der Waals surface area (Å²) in [4.78, 5) is 0. The Bertz CT molecular complexity index is 608. The summed E-state index contributed by atoms with van der Waals surface area (Å²) < 4.78 is 30.3. The summed E-state index contributed by atoms with van der Waals surface area (Å²) in [5, 5.41) is 10.2. The Balaban J connectivity index is 2.26. The normalized spacial score (nSPS) is 11.3. The number of nitrogens with zero attached hydrogens (tertiary/aromatic N) is 3. The van der Waals surface area contributed by atoms with Gasteiger partial charge in [0.15, 0.2) is 0 Å². The van der Waals surface area contributed by atoms with Crippen molar-refractivity contribution in [2.75, 3.05) is 0 Å². The Morgan fingerprint density at radius 1 is 1.44 bits per heavy atom. The molecule has 0 fully saturated rings. The van der Waals surface area contributed by atoms with Crippen LogP contribution in [0.2, 0.25) is 0 Å². The quantitative estimate of drug-likeness (QED) is 0.685. The Morgan fingerprint density at radius 3 is 2.89 bits per heavy atom. The Morgan fingerprint density at radius 2 is 2.22 bits per heavy atom. The average molecular weight is 270 g/mol. The standard InChI is InChI=1S/C10H8F2N4OS/c11-9(12)17-8-4-2-1-3-7(8)5-14-16-6-13-15-10(16)18/h1-6,9H,(H,15,18). The van der Waals surface area contributed by atoms with Crippen LogP contribution in [0.1, 0.15) is 5.56 Å². The topological polar surface area (TPSA) is 55.2 Å². The van der Waals surface area contributed by atoms with Crippen LogP contribution >= 0.6 is 12.2 Å². The van der Waals surface area contributed by atoms with Gasteiger partial charge in [-0.05, 0) is 24.4 Å². The molecule has 0 atom stereocenters. The van der Waals surface area contributed by atoms with Crippen LogP contribution in [0.3, 0.4) is 0 Å². The lowest BCUT2D eigenvalue weighted by Gasteiger charge is -2.06. The van der Waals surface area contributed by atoms with Crippen molar-refractivity contribution in [2.24, 2.45) is 5.10 Å². The predicted molar refractivity (Wildman–Crippen MR) is 63.5 cm³/mol. The van der Waals surface area contributed by atoms with Gasteiger partial charge in [-0.2, -0.15) is 23.7 Å². The summed E-state index contributed by atoms with van der Waals surface area (Å²) in [6, 6.07) is 6.32. The first-order valence-electron chi connectivity index (χ1n) is 4.87. The molecule has 18 heavy (non-hydrogen) atoms. The second-order valence-corrected chi connectivity index (χ2v) is 3.55. The first kappa shape index (κ1) is 12.4. The van der Waals surface area contributed by atoms with Crippen LogP contribution in [0.5, 0.6) is 5.75 Å². The van der Waals surface area contributed by atoms with E-state index in [0.717, 1.165) is 0 Å². The summed E-state index contributed by atoms with van der Waals surface area (Å²) in [5.41, 5.74) is 0.418. The molecule has 1 aromatic carbocycles. The lowest BCUT2D eigenvalue weighted by atomic mass is 10.2. The molecule has 0 amide bonds. The second-order valence-electron chi connectivity index (χ2n) is 3.17. The fourth-order valence-corrected chi connectivity index (χ4v) is 1.39. The number of para-hydroxylation sites is 1. The minimum absolute atomic E-state index is 0.0475. The zero-order valence-electron chi connectivity index (χ0n) is 8.96. The molecule has 5 nitrogen and oxygen atoms in total. The number of halogens is 2. The highest BCUT2D eigenvalue weighted by atomic mass is 32.1. The van der Waals surface area contributed by atoms with Gasteiger partial charge in [-0.3, -0.25) is 5.10 Å². The molecule has 0 aliphatic heterocycles. The SMILES string of the molecule is FC(F)Oc1ccccc1C=Nn1cn[nH]c1=S. The number of nitrogens with one attached hydrogen (secondary N) is 1. The van der Waals surface area contributed by atoms with Crippen LogP contribution in [0.4, 0.5) is 8.78 Å². The van der Waals surface area contributed by atoms with Crippen molar-refractivity contribution in [3.8, 4) is 5.75 Å². The highest BCUT2D eigenvalue weighted by Crippen LogP contribution is 2.18. The fourth-order valence-electron chi connectivity index (χ4n) is 1.24. The van der Waals surface area contributed by atoms with Gasteiger partial charge in [0.25, 0.3) is 0 Å². The highest BCUT2D eigenvalue weighted by Gasteiger charge is 2.07. The van der Waals surface area contributed by atoms with Gasteiger partial charge in [0.1, 0.15) is 12.1 Å². The number of rotatable bonds is 4. The largest absolute Gasteiger partial charge is 0.434 e. The van der Waals surface area contributed by atoms with E-state index in [-0.39, 0.29) is 5.75 Å². The van der Waals surface area contributed by atoms with E-state index in [1.807, 2.05) is 0 Å². The van der Waals surface area contributed by atoms with E-state index in [1.165, 1.54) is 23.3 Å². The monoisotopic (exact) mass is 270 g/mol.